The van der Waals surface area contributed by atoms with Crippen LogP contribution in [0.1, 0.15) is 35.6 Å². The van der Waals surface area contributed by atoms with E-state index in [9.17, 15) is 10.2 Å². The maximum absolute atomic E-state index is 10.0. The van der Waals surface area contributed by atoms with E-state index in [1.54, 1.807) is 0 Å². The molecule has 0 aromatic heterocycles. The van der Waals surface area contributed by atoms with Crippen molar-refractivity contribution in [3.8, 4) is 0 Å². The Morgan fingerprint density at radius 2 is 2.00 bits per heavy atom. The van der Waals surface area contributed by atoms with Gasteiger partial charge >= 0.3 is 0 Å². The Labute approximate surface area is 137 Å². The molecule has 2 aliphatic heterocycles. The molecule has 3 unspecified atom stereocenters. The quantitative estimate of drug-likeness (QED) is 0.878. The summed E-state index contributed by atoms with van der Waals surface area (Å²) in [6.45, 7) is 6.54. The van der Waals surface area contributed by atoms with Gasteiger partial charge in [0.15, 0.2) is 0 Å². The molecule has 128 valence electrons. The zero-order chi connectivity index (χ0) is 16.2. The fourth-order valence-corrected chi connectivity index (χ4v) is 3.38. The first-order valence-corrected chi connectivity index (χ1v) is 8.49. The Hall–Kier alpha value is -0.980. The lowest BCUT2D eigenvalue weighted by Crippen LogP contribution is -2.36. The first-order chi connectivity index (χ1) is 11.2. The number of hydrogen-bond acceptors (Lipinski definition) is 5. The first kappa shape index (κ1) is 16.9. The second kappa shape index (κ2) is 7.73. The van der Waals surface area contributed by atoms with Crippen molar-refractivity contribution in [3.05, 3.63) is 34.9 Å². The Bertz CT molecular complexity index is 516. The maximum Gasteiger partial charge on any atom is 0.0854 e. The molecule has 2 fully saturated rings. The van der Waals surface area contributed by atoms with Crippen molar-refractivity contribution < 1.29 is 19.7 Å². The minimum Gasteiger partial charge on any atom is -0.394 e. The summed E-state index contributed by atoms with van der Waals surface area (Å²) in [7, 11) is 0. The van der Waals surface area contributed by atoms with Crippen molar-refractivity contribution in [1.29, 1.82) is 0 Å². The molecule has 2 N–H and O–H groups in total. The number of morpholine rings is 1. The van der Waals surface area contributed by atoms with E-state index in [4.69, 9.17) is 9.47 Å². The number of benzene rings is 1. The minimum absolute atomic E-state index is 0.0416. The van der Waals surface area contributed by atoms with Crippen LogP contribution in [0.25, 0.3) is 0 Å². The molecule has 2 heterocycles. The molecule has 3 rings (SSSR count). The number of hydrogen-bond donors (Lipinski definition) is 2. The summed E-state index contributed by atoms with van der Waals surface area (Å²) in [5.74, 6) is 0. The molecule has 1 aromatic rings. The van der Waals surface area contributed by atoms with Gasteiger partial charge in [0, 0.05) is 32.5 Å². The summed E-state index contributed by atoms with van der Waals surface area (Å²) in [5, 5.41) is 19.3. The lowest BCUT2D eigenvalue weighted by molar-refractivity contribution is -0.113. The largest absolute Gasteiger partial charge is 0.394 e. The van der Waals surface area contributed by atoms with Gasteiger partial charge in [-0.05, 0) is 23.6 Å². The van der Waals surface area contributed by atoms with Crippen LogP contribution in [0.5, 0.6) is 0 Å². The standard InChI is InChI=1S/C18H27NO4/c1-13-2-3-14(18-10-16(21)9-17(12-20)23-18)8-15(13)11-19-4-6-22-7-5-19/h2-3,8,16-18,20-21H,4-7,9-12H2,1H3. The average molecular weight is 321 g/mol. The van der Waals surface area contributed by atoms with Gasteiger partial charge in [-0.25, -0.2) is 0 Å². The second-order valence-electron chi connectivity index (χ2n) is 6.63. The predicted octanol–water partition coefficient (Wildman–Crippen LogP) is 1.40. The predicted molar refractivity (Wildman–Crippen MR) is 87.2 cm³/mol. The molecule has 0 saturated carbocycles. The van der Waals surface area contributed by atoms with Gasteiger partial charge in [-0.3, -0.25) is 4.90 Å². The molecule has 0 spiro atoms. The highest BCUT2D eigenvalue weighted by Gasteiger charge is 2.29. The molecule has 23 heavy (non-hydrogen) atoms. The van der Waals surface area contributed by atoms with E-state index in [1.165, 1.54) is 11.1 Å². The molecule has 3 atom stereocenters. The van der Waals surface area contributed by atoms with Crippen LogP contribution in [0.15, 0.2) is 18.2 Å². The van der Waals surface area contributed by atoms with E-state index in [2.05, 4.69) is 30.0 Å². The molecule has 0 aliphatic carbocycles. The lowest BCUT2D eigenvalue weighted by atomic mass is 9.94. The van der Waals surface area contributed by atoms with E-state index in [0.717, 1.165) is 38.4 Å². The van der Waals surface area contributed by atoms with Gasteiger partial charge in [0.25, 0.3) is 0 Å². The van der Waals surface area contributed by atoms with Crippen LogP contribution in [0.2, 0.25) is 0 Å². The van der Waals surface area contributed by atoms with Crippen LogP contribution >= 0.6 is 0 Å². The van der Waals surface area contributed by atoms with Gasteiger partial charge < -0.3 is 19.7 Å². The molecule has 0 bridgehead atoms. The van der Waals surface area contributed by atoms with Crippen LogP contribution < -0.4 is 0 Å². The highest BCUT2D eigenvalue weighted by Crippen LogP contribution is 2.32. The fourth-order valence-electron chi connectivity index (χ4n) is 3.38. The van der Waals surface area contributed by atoms with E-state index >= 15 is 0 Å². The molecule has 2 saturated heterocycles. The third-order valence-electron chi connectivity index (χ3n) is 4.82. The van der Waals surface area contributed by atoms with Gasteiger partial charge in [0.1, 0.15) is 0 Å². The zero-order valence-electron chi connectivity index (χ0n) is 13.8. The minimum atomic E-state index is -0.408. The number of nitrogens with zero attached hydrogens (tertiary/aromatic N) is 1. The van der Waals surface area contributed by atoms with Gasteiger partial charge in [-0.15, -0.1) is 0 Å². The van der Waals surface area contributed by atoms with Crippen molar-refractivity contribution in [2.75, 3.05) is 32.9 Å². The summed E-state index contributed by atoms with van der Waals surface area (Å²) in [6, 6.07) is 6.40. The van der Waals surface area contributed by atoms with Crippen molar-refractivity contribution in [1.82, 2.24) is 4.90 Å². The molecular formula is C18H27NO4. The van der Waals surface area contributed by atoms with E-state index < -0.39 is 6.10 Å². The van der Waals surface area contributed by atoms with Crippen molar-refractivity contribution in [2.45, 2.75) is 44.6 Å². The Balaban J connectivity index is 1.73. The maximum atomic E-state index is 10.0. The van der Waals surface area contributed by atoms with Gasteiger partial charge in [0.05, 0.1) is 38.1 Å². The van der Waals surface area contributed by atoms with E-state index in [1.807, 2.05) is 0 Å². The molecule has 5 heteroatoms. The van der Waals surface area contributed by atoms with Crippen LogP contribution in [0.4, 0.5) is 0 Å². The van der Waals surface area contributed by atoms with Crippen molar-refractivity contribution in [2.24, 2.45) is 0 Å². The summed E-state index contributed by atoms with van der Waals surface area (Å²) in [5.41, 5.74) is 3.67. The summed E-state index contributed by atoms with van der Waals surface area (Å²) in [6.07, 6.45) is 0.290. The molecule has 0 amide bonds. The summed E-state index contributed by atoms with van der Waals surface area (Å²) < 4.78 is 11.3. The van der Waals surface area contributed by atoms with Crippen LogP contribution in [-0.4, -0.2) is 60.2 Å². The average Bonchev–Trinajstić information content (AvgIpc) is 2.57. The molecule has 1 aromatic carbocycles. The smallest absolute Gasteiger partial charge is 0.0854 e. The van der Waals surface area contributed by atoms with Crippen LogP contribution in [0, 0.1) is 6.92 Å². The van der Waals surface area contributed by atoms with Gasteiger partial charge in [-0.2, -0.15) is 0 Å². The third-order valence-corrected chi connectivity index (χ3v) is 4.82. The monoisotopic (exact) mass is 321 g/mol. The second-order valence-corrected chi connectivity index (χ2v) is 6.63. The van der Waals surface area contributed by atoms with Gasteiger partial charge in [0.2, 0.25) is 0 Å². The topological polar surface area (TPSA) is 62.2 Å². The van der Waals surface area contributed by atoms with Crippen LogP contribution in [-0.2, 0) is 16.0 Å². The van der Waals surface area contributed by atoms with Crippen molar-refractivity contribution in [3.63, 3.8) is 0 Å². The van der Waals surface area contributed by atoms with Crippen LogP contribution in [0.3, 0.4) is 0 Å². The molecule has 2 aliphatic rings. The third kappa shape index (κ3) is 4.31. The highest BCUT2D eigenvalue weighted by atomic mass is 16.5. The Morgan fingerprint density at radius 1 is 1.22 bits per heavy atom. The zero-order valence-corrected chi connectivity index (χ0v) is 13.8. The lowest BCUT2D eigenvalue weighted by Gasteiger charge is -2.33. The van der Waals surface area contributed by atoms with E-state index in [0.29, 0.717) is 12.8 Å². The first-order valence-electron chi connectivity index (χ1n) is 8.49. The molecule has 5 nitrogen and oxygen atoms in total. The Kier molecular flexibility index (Phi) is 5.67. The SMILES string of the molecule is Cc1ccc(C2CC(O)CC(CO)O2)cc1CN1CCOCC1. The van der Waals surface area contributed by atoms with Crippen molar-refractivity contribution >= 4 is 0 Å². The van der Waals surface area contributed by atoms with Gasteiger partial charge in [-0.1, -0.05) is 18.2 Å². The number of aryl methyl sites for hydroxylation is 1. The number of ether oxygens (including phenoxy) is 2. The Morgan fingerprint density at radius 3 is 2.74 bits per heavy atom. The summed E-state index contributed by atoms with van der Waals surface area (Å²) in [4.78, 5) is 2.41. The molecule has 0 radical (unpaired) electrons. The highest BCUT2D eigenvalue weighted by molar-refractivity contribution is 5.32. The molecular weight excluding hydrogens is 294 g/mol. The normalized spacial score (nSPS) is 29.6. The van der Waals surface area contributed by atoms with E-state index in [-0.39, 0.29) is 18.8 Å². The summed E-state index contributed by atoms with van der Waals surface area (Å²) >= 11 is 0. The number of rotatable bonds is 4. The number of aliphatic hydroxyl groups is 2. The number of aliphatic hydroxyl groups excluding tert-OH is 2. The fraction of sp³-hybridized carbons (Fsp3) is 0.667.